The zero-order valence-electron chi connectivity index (χ0n) is 55.0. The SMILES string of the molecule is CC/C=C\C/C=C\C/C=C\C/C=C\C/C=C\C/C=C\C/C=C\C/C=C\CCCCCCCCCCCCCCCCC(=O)NC(COC1OC(CO)C(OC2OC(CO)C(OC3OC(CO)C(O)C(O)C3O)C(O)C2O)C(O)C1O)C(O)/C=C/CCCCCCC. The summed E-state index contributed by atoms with van der Waals surface area (Å²) < 4.78 is 34.2. The molecule has 3 rings (SSSR count). The van der Waals surface area contributed by atoms with Gasteiger partial charge in [-0.15, -0.1) is 0 Å². The zero-order valence-corrected chi connectivity index (χ0v) is 55.0. The highest BCUT2D eigenvalue weighted by atomic mass is 16.8. The Morgan fingerprint density at radius 3 is 1.19 bits per heavy atom. The first-order valence-electron chi connectivity index (χ1n) is 34.6. The standard InChI is InChI=1S/C72H121NO18/c1-3-5-7-9-11-12-13-14-15-16-17-18-19-20-21-22-23-24-25-26-27-28-29-30-31-32-33-34-35-36-37-38-39-40-41-42-44-46-48-50-60(78)73-55(56(77)49-47-45-43-10-8-6-4-2)54-86-70-66(84)63(81)68(58(52-75)88-70)91-72-67(85)64(82)69(59(53-76)89-72)90-71-65(83)62(80)61(79)57(51-74)87-71/h5,7,11-12,14-15,17-18,20-21,23-24,26-27,29-30,47,49,55-59,61-72,74-77,79-85H,3-4,6,8-10,13,16,19,22,25,28,31-46,48,50-54H2,1-2H3,(H,73,78)/b7-5-,12-11-,15-14-,18-17-,21-20-,24-23-,27-26-,30-29-,49-47+. The van der Waals surface area contributed by atoms with Gasteiger partial charge >= 0.3 is 0 Å². The lowest BCUT2D eigenvalue weighted by molar-refractivity contribution is -0.379. The van der Waals surface area contributed by atoms with Crippen molar-refractivity contribution in [2.45, 2.75) is 311 Å². The van der Waals surface area contributed by atoms with Crippen LogP contribution in [0.5, 0.6) is 0 Å². The summed E-state index contributed by atoms with van der Waals surface area (Å²) in [6.07, 6.45) is 44.2. The first-order chi connectivity index (χ1) is 44.3. The Labute approximate surface area is 545 Å². The van der Waals surface area contributed by atoms with Gasteiger partial charge in [0.05, 0.1) is 38.6 Å². The summed E-state index contributed by atoms with van der Waals surface area (Å²) in [4.78, 5) is 13.3. The van der Waals surface area contributed by atoms with E-state index in [1.807, 2.05) is 6.08 Å². The highest BCUT2D eigenvalue weighted by Gasteiger charge is 2.53. The molecule has 0 aromatic carbocycles. The van der Waals surface area contributed by atoms with E-state index in [4.69, 9.17) is 28.4 Å². The van der Waals surface area contributed by atoms with Crippen molar-refractivity contribution in [3.63, 3.8) is 0 Å². The lowest BCUT2D eigenvalue weighted by Gasteiger charge is -2.48. The normalized spacial score (nSPS) is 28.6. The van der Waals surface area contributed by atoms with E-state index in [0.29, 0.717) is 6.42 Å². The first kappa shape index (κ1) is 81.7. The van der Waals surface area contributed by atoms with Crippen molar-refractivity contribution in [1.82, 2.24) is 5.32 Å². The summed E-state index contributed by atoms with van der Waals surface area (Å²) in [6.45, 7) is 1.52. The van der Waals surface area contributed by atoms with Gasteiger partial charge in [-0.1, -0.05) is 226 Å². The average Bonchev–Trinajstić information content (AvgIpc) is 1.40. The number of aliphatic hydroxyl groups is 11. The molecule has 0 spiro atoms. The summed E-state index contributed by atoms with van der Waals surface area (Å²) in [7, 11) is 0. The lowest BCUT2D eigenvalue weighted by Crippen LogP contribution is -2.66. The Bertz CT molecular complexity index is 2070. The van der Waals surface area contributed by atoms with Gasteiger partial charge in [0.25, 0.3) is 0 Å². The third-order valence-corrected chi connectivity index (χ3v) is 16.6. The fourth-order valence-electron chi connectivity index (χ4n) is 11.0. The third kappa shape index (κ3) is 34.6. The van der Waals surface area contributed by atoms with Gasteiger partial charge in [0, 0.05) is 6.42 Å². The molecular weight excluding hydrogens is 1170 g/mol. The largest absolute Gasteiger partial charge is 0.394 e. The number of rotatable bonds is 51. The topological polar surface area (TPSA) is 307 Å². The van der Waals surface area contributed by atoms with E-state index >= 15 is 0 Å². The molecule has 3 aliphatic heterocycles. The number of carbonyl (C=O) groups is 1. The van der Waals surface area contributed by atoms with Crippen LogP contribution in [-0.4, -0.2) is 193 Å². The molecule has 91 heavy (non-hydrogen) atoms. The van der Waals surface area contributed by atoms with E-state index in [1.165, 1.54) is 64.2 Å². The van der Waals surface area contributed by atoms with Crippen molar-refractivity contribution in [1.29, 1.82) is 0 Å². The molecule has 12 N–H and O–H groups in total. The van der Waals surface area contributed by atoms with Crippen LogP contribution in [-0.2, 0) is 33.2 Å². The number of aliphatic hydroxyl groups excluding tert-OH is 11. The Kier molecular flexibility index (Phi) is 47.3. The highest BCUT2D eigenvalue weighted by molar-refractivity contribution is 5.76. The number of amides is 1. The van der Waals surface area contributed by atoms with Crippen LogP contribution in [0.3, 0.4) is 0 Å². The number of hydrogen-bond donors (Lipinski definition) is 12. The number of hydrogen-bond acceptors (Lipinski definition) is 18. The second kappa shape index (κ2) is 52.7. The quantitative estimate of drug-likeness (QED) is 0.0200. The summed E-state index contributed by atoms with van der Waals surface area (Å²) in [6, 6.07) is -0.976. The molecule has 19 heteroatoms. The first-order valence-corrected chi connectivity index (χ1v) is 34.6. The molecule has 0 bridgehead atoms. The van der Waals surface area contributed by atoms with Crippen LogP contribution in [0.15, 0.2) is 109 Å². The van der Waals surface area contributed by atoms with Crippen molar-refractivity contribution in [2.75, 3.05) is 26.4 Å². The monoisotopic (exact) mass is 1290 g/mol. The highest BCUT2D eigenvalue weighted by Crippen LogP contribution is 2.33. The van der Waals surface area contributed by atoms with E-state index < -0.39 is 124 Å². The molecule has 17 atom stereocenters. The van der Waals surface area contributed by atoms with Crippen molar-refractivity contribution >= 4 is 5.91 Å². The number of carbonyl (C=O) groups excluding carboxylic acids is 1. The maximum Gasteiger partial charge on any atom is 0.220 e. The van der Waals surface area contributed by atoms with E-state index in [2.05, 4.69) is 116 Å². The van der Waals surface area contributed by atoms with Crippen LogP contribution >= 0.6 is 0 Å². The summed E-state index contributed by atoms with van der Waals surface area (Å²) in [5.74, 6) is -0.285. The van der Waals surface area contributed by atoms with Crippen molar-refractivity contribution < 1.29 is 89.4 Å². The summed E-state index contributed by atoms with van der Waals surface area (Å²) in [5, 5.41) is 120. The molecule has 0 saturated carbocycles. The summed E-state index contributed by atoms with van der Waals surface area (Å²) >= 11 is 0. The van der Waals surface area contributed by atoms with Crippen LogP contribution in [0.4, 0.5) is 0 Å². The summed E-state index contributed by atoms with van der Waals surface area (Å²) in [5.41, 5.74) is 0. The van der Waals surface area contributed by atoms with E-state index in [1.54, 1.807) is 6.08 Å². The molecular formula is C72H121NO18. The number of nitrogens with one attached hydrogen (secondary N) is 1. The predicted octanol–water partition coefficient (Wildman–Crippen LogP) is 9.05. The molecule has 19 nitrogen and oxygen atoms in total. The Balaban J connectivity index is 1.27. The molecule has 0 aromatic heterocycles. The maximum absolute atomic E-state index is 13.3. The van der Waals surface area contributed by atoms with Gasteiger partial charge in [0.1, 0.15) is 73.2 Å². The third-order valence-electron chi connectivity index (χ3n) is 16.6. The Hall–Kier alpha value is -3.55. The van der Waals surface area contributed by atoms with Crippen LogP contribution < -0.4 is 5.32 Å². The molecule has 0 aliphatic carbocycles. The molecule has 3 saturated heterocycles. The van der Waals surface area contributed by atoms with E-state index in [0.717, 1.165) is 116 Å². The molecule has 3 heterocycles. The Morgan fingerprint density at radius 2 is 0.758 bits per heavy atom. The molecule has 522 valence electrons. The zero-order chi connectivity index (χ0) is 66.1. The number of ether oxygens (including phenoxy) is 6. The molecule has 17 unspecified atom stereocenters. The lowest BCUT2D eigenvalue weighted by atomic mass is 9.96. The van der Waals surface area contributed by atoms with Gasteiger partial charge in [-0.2, -0.15) is 0 Å². The minimum Gasteiger partial charge on any atom is -0.394 e. The molecule has 1 amide bonds. The fraction of sp³-hybridized carbons (Fsp3) is 0.736. The number of unbranched alkanes of at least 4 members (excludes halogenated alkanes) is 19. The average molecular weight is 1290 g/mol. The molecule has 0 aromatic rings. The van der Waals surface area contributed by atoms with Gasteiger partial charge in [0.2, 0.25) is 5.91 Å². The van der Waals surface area contributed by atoms with Gasteiger partial charge in [-0.3, -0.25) is 4.79 Å². The van der Waals surface area contributed by atoms with Crippen molar-refractivity contribution in [3.05, 3.63) is 109 Å². The van der Waals surface area contributed by atoms with Crippen molar-refractivity contribution in [3.8, 4) is 0 Å². The Morgan fingerprint density at radius 1 is 0.407 bits per heavy atom. The smallest absolute Gasteiger partial charge is 0.220 e. The van der Waals surface area contributed by atoms with Gasteiger partial charge in [-0.25, -0.2) is 0 Å². The number of allylic oxidation sites excluding steroid dienone is 17. The van der Waals surface area contributed by atoms with Gasteiger partial charge < -0.3 is 89.9 Å². The van der Waals surface area contributed by atoms with Crippen LogP contribution in [0.1, 0.15) is 206 Å². The van der Waals surface area contributed by atoms with E-state index in [9.17, 15) is 61.0 Å². The van der Waals surface area contributed by atoms with Crippen molar-refractivity contribution in [2.24, 2.45) is 0 Å². The van der Waals surface area contributed by atoms with Gasteiger partial charge in [-0.05, 0) is 83.5 Å². The van der Waals surface area contributed by atoms with E-state index in [-0.39, 0.29) is 18.9 Å². The predicted molar refractivity (Wildman–Crippen MR) is 355 cm³/mol. The maximum atomic E-state index is 13.3. The molecule has 3 fully saturated rings. The van der Waals surface area contributed by atoms with Crippen LogP contribution in [0.2, 0.25) is 0 Å². The van der Waals surface area contributed by atoms with Crippen LogP contribution in [0, 0.1) is 0 Å². The van der Waals surface area contributed by atoms with Gasteiger partial charge in [0.15, 0.2) is 18.9 Å². The molecule has 3 aliphatic rings. The fourth-order valence-corrected chi connectivity index (χ4v) is 11.0. The minimum atomic E-state index is -1.98. The second-order valence-corrected chi connectivity index (χ2v) is 24.3. The second-order valence-electron chi connectivity index (χ2n) is 24.3. The molecule has 0 radical (unpaired) electrons. The van der Waals surface area contributed by atoms with Crippen LogP contribution in [0.25, 0.3) is 0 Å². The minimum absolute atomic E-state index is 0.236.